The molecule has 122 valence electrons. The molecular formula is C16H17F2N3OS. The Morgan fingerprint density at radius 2 is 1.87 bits per heavy atom. The van der Waals surface area contributed by atoms with Gasteiger partial charge in [-0.1, -0.05) is 0 Å². The molecule has 1 amide bonds. The quantitative estimate of drug-likeness (QED) is 0.831. The van der Waals surface area contributed by atoms with Crippen LogP contribution >= 0.6 is 11.8 Å². The summed E-state index contributed by atoms with van der Waals surface area (Å²) in [4.78, 5) is 16.0. The highest BCUT2D eigenvalue weighted by molar-refractivity contribution is 7.99. The smallest absolute Gasteiger partial charge is 0.245 e. The van der Waals surface area contributed by atoms with Crippen LogP contribution in [0, 0.1) is 23.0 Å². The third-order valence-electron chi connectivity index (χ3n) is 4.29. The van der Waals surface area contributed by atoms with Crippen molar-refractivity contribution in [2.45, 2.75) is 18.9 Å². The second kappa shape index (κ2) is 6.75. The maximum atomic E-state index is 14.3. The van der Waals surface area contributed by atoms with Crippen LogP contribution in [0.2, 0.25) is 0 Å². The minimum atomic E-state index is -0.782. The second-order valence-electron chi connectivity index (χ2n) is 5.69. The van der Waals surface area contributed by atoms with Gasteiger partial charge in [0.2, 0.25) is 5.91 Å². The Labute approximate surface area is 138 Å². The summed E-state index contributed by atoms with van der Waals surface area (Å²) in [5.74, 6) is 0.188. The molecule has 4 nitrogen and oxygen atoms in total. The first-order chi connectivity index (χ1) is 11.1. The number of nitriles is 1. The van der Waals surface area contributed by atoms with Gasteiger partial charge in [-0.3, -0.25) is 4.79 Å². The number of halogens is 2. The molecule has 2 heterocycles. The first kappa shape index (κ1) is 16.1. The van der Waals surface area contributed by atoms with Crippen LogP contribution in [0.5, 0.6) is 0 Å². The van der Waals surface area contributed by atoms with E-state index in [0.717, 1.165) is 30.1 Å². The lowest BCUT2D eigenvalue weighted by Gasteiger charge is -2.33. The summed E-state index contributed by atoms with van der Waals surface area (Å²) in [6.07, 6.45) is 1.32. The number of amides is 1. The SMILES string of the molecule is N#Cc1cc(F)c(N2CCC[C@@H]2C(=O)N2CCSCC2)c(F)c1. The van der Waals surface area contributed by atoms with Crippen molar-refractivity contribution in [1.82, 2.24) is 4.90 Å². The third-order valence-corrected chi connectivity index (χ3v) is 5.24. The lowest BCUT2D eigenvalue weighted by Crippen LogP contribution is -2.49. The third kappa shape index (κ3) is 3.13. The van der Waals surface area contributed by atoms with Crippen molar-refractivity contribution in [2.75, 3.05) is 36.0 Å². The van der Waals surface area contributed by atoms with Gasteiger partial charge in [-0.25, -0.2) is 8.78 Å². The molecule has 3 rings (SSSR count). The summed E-state index contributed by atoms with van der Waals surface area (Å²) >= 11 is 1.81. The number of carbonyl (C=O) groups is 1. The van der Waals surface area contributed by atoms with Gasteiger partial charge in [-0.15, -0.1) is 0 Å². The number of anilines is 1. The Hall–Kier alpha value is -1.81. The Morgan fingerprint density at radius 3 is 2.48 bits per heavy atom. The van der Waals surface area contributed by atoms with Gasteiger partial charge >= 0.3 is 0 Å². The van der Waals surface area contributed by atoms with Crippen molar-refractivity contribution in [3.63, 3.8) is 0 Å². The van der Waals surface area contributed by atoms with Crippen LogP contribution in [0.1, 0.15) is 18.4 Å². The molecule has 0 spiro atoms. The summed E-state index contributed by atoms with van der Waals surface area (Å²) in [7, 11) is 0. The molecule has 1 aromatic carbocycles. The maximum Gasteiger partial charge on any atom is 0.245 e. The molecule has 0 bridgehead atoms. The Balaban J connectivity index is 1.87. The largest absolute Gasteiger partial charge is 0.355 e. The van der Waals surface area contributed by atoms with Gasteiger partial charge in [-0.05, 0) is 25.0 Å². The molecule has 2 aliphatic heterocycles. The van der Waals surface area contributed by atoms with E-state index < -0.39 is 17.7 Å². The summed E-state index contributed by atoms with van der Waals surface area (Å²) in [5.41, 5.74) is -0.245. The van der Waals surface area contributed by atoms with Crippen LogP contribution in [-0.2, 0) is 4.79 Å². The topological polar surface area (TPSA) is 47.3 Å². The van der Waals surface area contributed by atoms with E-state index in [-0.39, 0.29) is 17.2 Å². The number of thioether (sulfide) groups is 1. The van der Waals surface area contributed by atoms with E-state index in [0.29, 0.717) is 26.1 Å². The molecule has 2 saturated heterocycles. The molecular weight excluding hydrogens is 320 g/mol. The number of carbonyl (C=O) groups excluding carboxylic acids is 1. The Kier molecular flexibility index (Phi) is 4.71. The van der Waals surface area contributed by atoms with Crippen molar-refractivity contribution in [1.29, 1.82) is 5.26 Å². The maximum absolute atomic E-state index is 14.3. The van der Waals surface area contributed by atoms with E-state index in [4.69, 9.17) is 5.26 Å². The van der Waals surface area contributed by atoms with Gasteiger partial charge in [0.15, 0.2) is 11.6 Å². The molecule has 2 fully saturated rings. The van der Waals surface area contributed by atoms with E-state index in [1.807, 2.05) is 0 Å². The van der Waals surface area contributed by atoms with Crippen LogP contribution < -0.4 is 4.90 Å². The predicted molar refractivity (Wildman–Crippen MR) is 85.3 cm³/mol. The summed E-state index contributed by atoms with van der Waals surface area (Å²) in [6, 6.07) is 3.26. The average molecular weight is 337 g/mol. The Bertz CT molecular complexity index is 632. The van der Waals surface area contributed by atoms with Gasteiger partial charge < -0.3 is 9.80 Å². The van der Waals surface area contributed by atoms with E-state index in [1.54, 1.807) is 22.7 Å². The number of nitrogens with zero attached hydrogens (tertiary/aromatic N) is 3. The van der Waals surface area contributed by atoms with Gasteiger partial charge in [0.1, 0.15) is 11.7 Å². The van der Waals surface area contributed by atoms with E-state index in [2.05, 4.69) is 0 Å². The second-order valence-corrected chi connectivity index (χ2v) is 6.91. The molecule has 2 aliphatic rings. The monoisotopic (exact) mass is 337 g/mol. The normalized spacial score (nSPS) is 21.3. The number of hydrogen-bond donors (Lipinski definition) is 0. The van der Waals surface area contributed by atoms with E-state index in [1.165, 1.54) is 4.90 Å². The van der Waals surface area contributed by atoms with Crippen molar-refractivity contribution in [3.8, 4) is 6.07 Å². The number of benzene rings is 1. The summed E-state index contributed by atoms with van der Waals surface area (Å²) < 4.78 is 28.5. The van der Waals surface area contributed by atoms with E-state index in [9.17, 15) is 13.6 Å². The van der Waals surface area contributed by atoms with E-state index >= 15 is 0 Å². The first-order valence-corrected chi connectivity index (χ1v) is 8.79. The zero-order chi connectivity index (χ0) is 16.4. The van der Waals surface area contributed by atoms with Gasteiger partial charge in [-0.2, -0.15) is 17.0 Å². The van der Waals surface area contributed by atoms with Crippen molar-refractivity contribution >= 4 is 23.4 Å². The zero-order valence-corrected chi connectivity index (χ0v) is 13.4. The fourth-order valence-corrected chi connectivity index (χ4v) is 4.09. The molecule has 0 saturated carbocycles. The minimum absolute atomic E-state index is 0.0500. The highest BCUT2D eigenvalue weighted by Gasteiger charge is 2.36. The molecule has 23 heavy (non-hydrogen) atoms. The molecule has 0 aliphatic carbocycles. The molecule has 1 aromatic rings. The van der Waals surface area contributed by atoms with Gasteiger partial charge in [0.25, 0.3) is 0 Å². The van der Waals surface area contributed by atoms with Crippen molar-refractivity contribution in [3.05, 3.63) is 29.3 Å². The van der Waals surface area contributed by atoms with Crippen LogP contribution in [0.4, 0.5) is 14.5 Å². The zero-order valence-electron chi connectivity index (χ0n) is 12.6. The molecule has 0 unspecified atom stereocenters. The highest BCUT2D eigenvalue weighted by atomic mass is 32.2. The Morgan fingerprint density at radius 1 is 1.22 bits per heavy atom. The van der Waals surface area contributed by atoms with Gasteiger partial charge in [0, 0.05) is 31.1 Å². The van der Waals surface area contributed by atoms with Crippen molar-refractivity contribution < 1.29 is 13.6 Å². The standard InChI is InChI=1S/C16H17F2N3OS/c17-12-8-11(10-19)9-13(18)15(12)21-3-1-2-14(21)16(22)20-4-6-23-7-5-20/h8-9,14H,1-7H2/t14-/m1/s1. The number of rotatable bonds is 2. The lowest BCUT2D eigenvalue weighted by atomic mass is 10.1. The molecule has 1 atom stereocenters. The average Bonchev–Trinajstić information content (AvgIpc) is 3.03. The first-order valence-electron chi connectivity index (χ1n) is 7.64. The van der Waals surface area contributed by atoms with Crippen LogP contribution in [0.25, 0.3) is 0 Å². The highest BCUT2D eigenvalue weighted by Crippen LogP contribution is 2.32. The fraction of sp³-hybridized carbons (Fsp3) is 0.500. The van der Waals surface area contributed by atoms with Gasteiger partial charge in [0.05, 0.1) is 11.6 Å². The summed E-state index contributed by atoms with van der Waals surface area (Å²) in [6.45, 7) is 1.82. The lowest BCUT2D eigenvalue weighted by molar-refractivity contribution is -0.132. The van der Waals surface area contributed by atoms with Crippen LogP contribution in [-0.4, -0.2) is 48.0 Å². The molecule has 7 heteroatoms. The van der Waals surface area contributed by atoms with Crippen molar-refractivity contribution in [2.24, 2.45) is 0 Å². The molecule has 0 radical (unpaired) electrons. The molecule has 0 aromatic heterocycles. The fourth-order valence-electron chi connectivity index (χ4n) is 3.19. The summed E-state index contributed by atoms with van der Waals surface area (Å²) in [5, 5.41) is 8.79. The molecule has 0 N–H and O–H groups in total. The minimum Gasteiger partial charge on any atom is -0.355 e. The number of hydrogen-bond acceptors (Lipinski definition) is 4. The van der Waals surface area contributed by atoms with Crippen LogP contribution in [0.3, 0.4) is 0 Å². The van der Waals surface area contributed by atoms with Crippen LogP contribution in [0.15, 0.2) is 12.1 Å². The predicted octanol–water partition coefficient (Wildman–Crippen LogP) is 2.38.